The van der Waals surface area contributed by atoms with Crippen LogP contribution in [-0.4, -0.2) is 37.1 Å². The molecule has 0 spiro atoms. The van der Waals surface area contributed by atoms with E-state index in [1.165, 1.54) is 6.07 Å². The van der Waals surface area contributed by atoms with Gasteiger partial charge in [-0.15, -0.1) is 0 Å². The van der Waals surface area contributed by atoms with Crippen LogP contribution in [-0.2, 0) is 0 Å². The summed E-state index contributed by atoms with van der Waals surface area (Å²) in [5.74, 6) is -0.458. The fourth-order valence-corrected chi connectivity index (χ4v) is 1.86. The molecule has 92 valence electrons. The first-order chi connectivity index (χ1) is 8.18. The van der Waals surface area contributed by atoms with Gasteiger partial charge in [0.15, 0.2) is 5.82 Å². The number of halogens is 2. The Morgan fingerprint density at radius 3 is 3.06 bits per heavy atom. The molecule has 1 fully saturated rings. The maximum Gasteiger partial charge on any atom is 0.317 e. The summed E-state index contributed by atoms with van der Waals surface area (Å²) in [6, 6.07) is 4.72. The maximum absolute atomic E-state index is 13.5. The summed E-state index contributed by atoms with van der Waals surface area (Å²) in [5.41, 5.74) is 0.358. The molecule has 1 aromatic carbocycles. The van der Waals surface area contributed by atoms with Crippen molar-refractivity contribution in [1.82, 2.24) is 10.2 Å². The van der Waals surface area contributed by atoms with Gasteiger partial charge >= 0.3 is 6.03 Å². The van der Waals surface area contributed by atoms with Crippen molar-refractivity contribution in [3.63, 3.8) is 0 Å². The van der Waals surface area contributed by atoms with Gasteiger partial charge in [-0.3, -0.25) is 0 Å². The molecule has 17 heavy (non-hydrogen) atoms. The van der Waals surface area contributed by atoms with E-state index in [0.717, 1.165) is 0 Å². The highest BCUT2D eigenvalue weighted by Gasteiger charge is 2.18. The third-order valence-electron chi connectivity index (χ3n) is 2.59. The highest BCUT2D eigenvalue weighted by Crippen LogP contribution is 2.21. The van der Waals surface area contributed by atoms with Crippen LogP contribution in [0.15, 0.2) is 18.2 Å². The molecule has 1 heterocycles. The normalized spacial score (nSPS) is 14.9. The third-order valence-corrected chi connectivity index (χ3v) is 2.89. The number of urea groups is 1. The van der Waals surface area contributed by atoms with E-state index in [9.17, 15) is 9.18 Å². The average molecular weight is 258 g/mol. The Labute approximate surface area is 104 Å². The van der Waals surface area contributed by atoms with E-state index < -0.39 is 5.82 Å². The second kappa shape index (κ2) is 5.23. The Hall–Kier alpha value is -1.49. The standard InChI is InChI=1S/C11H13ClFN3O/c12-8-2-1-3-9(10(8)13)14-4-6-16-7-5-15-11(16)17/h1-3,14H,4-7H2,(H,15,17). The molecular formula is C11H13ClFN3O. The monoisotopic (exact) mass is 257 g/mol. The van der Waals surface area contributed by atoms with E-state index in [-0.39, 0.29) is 11.1 Å². The van der Waals surface area contributed by atoms with E-state index in [4.69, 9.17) is 11.6 Å². The fourth-order valence-electron chi connectivity index (χ4n) is 1.69. The first-order valence-electron chi connectivity index (χ1n) is 5.39. The van der Waals surface area contributed by atoms with Crippen LogP contribution >= 0.6 is 11.6 Å². The molecule has 0 radical (unpaired) electrons. The van der Waals surface area contributed by atoms with Crippen molar-refractivity contribution < 1.29 is 9.18 Å². The molecule has 1 aromatic rings. The van der Waals surface area contributed by atoms with Gasteiger partial charge in [0.05, 0.1) is 10.7 Å². The van der Waals surface area contributed by atoms with Crippen LogP contribution in [0.25, 0.3) is 0 Å². The van der Waals surface area contributed by atoms with Crippen LogP contribution in [0.1, 0.15) is 0 Å². The molecule has 0 aliphatic carbocycles. The van der Waals surface area contributed by atoms with E-state index >= 15 is 0 Å². The van der Waals surface area contributed by atoms with Gasteiger partial charge in [-0.05, 0) is 12.1 Å². The molecule has 0 saturated carbocycles. The first kappa shape index (κ1) is 12.0. The zero-order valence-electron chi connectivity index (χ0n) is 9.17. The van der Waals surface area contributed by atoms with Crippen LogP contribution in [0, 0.1) is 5.82 Å². The topological polar surface area (TPSA) is 44.4 Å². The summed E-state index contributed by atoms with van der Waals surface area (Å²) in [5, 5.41) is 5.71. The fraction of sp³-hybridized carbons (Fsp3) is 0.364. The number of nitrogens with one attached hydrogen (secondary N) is 2. The molecule has 6 heteroatoms. The van der Waals surface area contributed by atoms with Crippen molar-refractivity contribution in [3.05, 3.63) is 29.0 Å². The molecule has 4 nitrogen and oxygen atoms in total. The van der Waals surface area contributed by atoms with Gasteiger partial charge < -0.3 is 15.5 Å². The van der Waals surface area contributed by atoms with Crippen molar-refractivity contribution in [2.75, 3.05) is 31.5 Å². The van der Waals surface area contributed by atoms with Crippen LogP contribution in [0.3, 0.4) is 0 Å². The summed E-state index contributed by atoms with van der Waals surface area (Å²) in [7, 11) is 0. The van der Waals surface area contributed by atoms with E-state index in [2.05, 4.69) is 10.6 Å². The number of anilines is 1. The summed E-state index contributed by atoms with van der Waals surface area (Å²) in [4.78, 5) is 12.9. The number of hydrogen-bond acceptors (Lipinski definition) is 2. The number of rotatable bonds is 4. The lowest BCUT2D eigenvalue weighted by molar-refractivity contribution is 0.219. The van der Waals surface area contributed by atoms with Gasteiger partial charge in [-0.2, -0.15) is 0 Å². The number of nitrogens with zero attached hydrogens (tertiary/aromatic N) is 1. The predicted octanol–water partition coefficient (Wildman–Crippen LogP) is 1.92. The number of hydrogen-bond donors (Lipinski definition) is 2. The second-order valence-corrected chi connectivity index (χ2v) is 4.15. The molecule has 1 aliphatic heterocycles. The Morgan fingerprint density at radius 2 is 2.35 bits per heavy atom. The summed E-state index contributed by atoms with van der Waals surface area (Å²) < 4.78 is 13.5. The highest BCUT2D eigenvalue weighted by molar-refractivity contribution is 6.31. The molecule has 0 bridgehead atoms. The zero-order chi connectivity index (χ0) is 12.3. The molecule has 1 aliphatic rings. The molecule has 0 aromatic heterocycles. The van der Waals surface area contributed by atoms with Crippen LogP contribution in [0.5, 0.6) is 0 Å². The minimum atomic E-state index is -0.458. The Morgan fingerprint density at radius 1 is 1.53 bits per heavy atom. The van der Waals surface area contributed by atoms with Gasteiger partial charge in [0.2, 0.25) is 0 Å². The minimum absolute atomic E-state index is 0.0710. The quantitative estimate of drug-likeness (QED) is 0.866. The van der Waals surface area contributed by atoms with Crippen molar-refractivity contribution in [2.24, 2.45) is 0 Å². The molecular weight excluding hydrogens is 245 g/mol. The number of benzene rings is 1. The highest BCUT2D eigenvalue weighted by atomic mass is 35.5. The zero-order valence-corrected chi connectivity index (χ0v) is 9.93. The van der Waals surface area contributed by atoms with Crippen molar-refractivity contribution >= 4 is 23.3 Å². The smallest absolute Gasteiger partial charge is 0.317 e. The van der Waals surface area contributed by atoms with Crippen LogP contribution in [0.2, 0.25) is 5.02 Å². The molecule has 0 atom stereocenters. The summed E-state index contributed by atoms with van der Waals surface area (Å²) >= 11 is 5.65. The van der Waals surface area contributed by atoms with Crippen molar-refractivity contribution in [2.45, 2.75) is 0 Å². The second-order valence-electron chi connectivity index (χ2n) is 3.75. The van der Waals surface area contributed by atoms with Gasteiger partial charge in [0.25, 0.3) is 0 Å². The van der Waals surface area contributed by atoms with E-state index in [0.29, 0.717) is 31.9 Å². The molecule has 0 unspecified atom stereocenters. The lowest BCUT2D eigenvalue weighted by Crippen LogP contribution is -2.32. The lowest BCUT2D eigenvalue weighted by Gasteiger charge is -2.15. The van der Waals surface area contributed by atoms with Crippen molar-refractivity contribution in [3.8, 4) is 0 Å². The molecule has 2 rings (SSSR count). The lowest BCUT2D eigenvalue weighted by atomic mass is 10.3. The SMILES string of the molecule is O=C1NCCN1CCNc1cccc(Cl)c1F. The van der Waals surface area contributed by atoms with E-state index in [1.54, 1.807) is 17.0 Å². The van der Waals surface area contributed by atoms with Gasteiger partial charge in [0, 0.05) is 26.2 Å². The van der Waals surface area contributed by atoms with Gasteiger partial charge in [-0.25, -0.2) is 9.18 Å². The maximum atomic E-state index is 13.5. The molecule has 2 N–H and O–H groups in total. The molecule has 2 amide bonds. The third kappa shape index (κ3) is 2.79. The molecule has 1 saturated heterocycles. The Balaban J connectivity index is 1.86. The Bertz CT molecular complexity index is 427. The van der Waals surface area contributed by atoms with Gasteiger partial charge in [0.1, 0.15) is 0 Å². The number of carbonyl (C=O) groups excluding carboxylic acids is 1. The largest absolute Gasteiger partial charge is 0.381 e. The summed E-state index contributed by atoms with van der Waals surface area (Å²) in [6.07, 6.45) is 0. The van der Waals surface area contributed by atoms with Crippen molar-refractivity contribution in [1.29, 1.82) is 0 Å². The minimum Gasteiger partial charge on any atom is -0.381 e. The number of carbonyl (C=O) groups is 1. The van der Waals surface area contributed by atoms with Crippen LogP contribution in [0.4, 0.5) is 14.9 Å². The van der Waals surface area contributed by atoms with Crippen LogP contribution < -0.4 is 10.6 Å². The first-order valence-corrected chi connectivity index (χ1v) is 5.77. The number of amides is 2. The van der Waals surface area contributed by atoms with Gasteiger partial charge in [-0.1, -0.05) is 17.7 Å². The average Bonchev–Trinajstić information content (AvgIpc) is 2.71. The predicted molar refractivity (Wildman–Crippen MR) is 64.9 cm³/mol. The van der Waals surface area contributed by atoms with E-state index in [1.807, 2.05) is 0 Å². The Kier molecular flexibility index (Phi) is 3.68. The summed E-state index contributed by atoms with van der Waals surface area (Å²) in [6.45, 7) is 2.39.